The molecule has 1 aromatic carbocycles. The number of nitrogens with zero attached hydrogens (tertiary/aromatic N) is 3. The molecule has 0 aliphatic carbocycles. The van der Waals surface area contributed by atoms with Gasteiger partial charge in [-0.25, -0.2) is 4.99 Å². The van der Waals surface area contributed by atoms with Crippen LogP contribution in [0.3, 0.4) is 0 Å². The van der Waals surface area contributed by atoms with Crippen molar-refractivity contribution in [3.05, 3.63) is 29.8 Å². The molecule has 7 heteroatoms. The van der Waals surface area contributed by atoms with Crippen molar-refractivity contribution in [2.24, 2.45) is 4.99 Å². The number of hydrogen-bond acceptors (Lipinski definition) is 4. The van der Waals surface area contributed by atoms with E-state index in [4.69, 9.17) is 4.99 Å². The van der Waals surface area contributed by atoms with Crippen LogP contribution in [-0.4, -0.2) is 67.7 Å². The molecule has 2 N–H and O–H groups in total. The van der Waals surface area contributed by atoms with Gasteiger partial charge in [-0.05, 0) is 50.4 Å². The maximum atomic E-state index is 4.84. The zero-order valence-electron chi connectivity index (χ0n) is 18.0. The Balaban J connectivity index is 0.00000300. The summed E-state index contributed by atoms with van der Waals surface area (Å²) in [6.07, 6.45) is 3.65. The number of aliphatic imine (C=N–C) groups is 1. The first-order chi connectivity index (χ1) is 13.8. The number of piperidine rings is 1. The molecular formula is C22H38IN5S. The lowest BCUT2D eigenvalue weighted by Gasteiger charge is -2.32. The standard InChI is InChI=1S/C22H37N5S.HI/c1-3-11-26-12-9-20(10-13-26)25-22(23-4-2)24-18-19-5-7-21(8-6-19)27-14-16-28-17-15-27;/h5-8,20H,3-4,9-18H2,1-2H3,(H2,23,24,25);1H. The molecule has 0 saturated carbocycles. The maximum Gasteiger partial charge on any atom is 0.191 e. The molecule has 3 rings (SSSR count). The van der Waals surface area contributed by atoms with Gasteiger partial charge in [0.15, 0.2) is 5.96 Å². The minimum Gasteiger partial charge on any atom is -0.370 e. The van der Waals surface area contributed by atoms with E-state index < -0.39 is 0 Å². The summed E-state index contributed by atoms with van der Waals surface area (Å²) in [6, 6.07) is 9.50. The topological polar surface area (TPSA) is 42.9 Å². The molecule has 2 aliphatic rings. The molecule has 1 aromatic rings. The van der Waals surface area contributed by atoms with Crippen LogP contribution in [0, 0.1) is 0 Å². The fourth-order valence-electron chi connectivity index (χ4n) is 3.93. The lowest BCUT2D eigenvalue weighted by Crippen LogP contribution is -2.48. The van der Waals surface area contributed by atoms with Crippen molar-refractivity contribution in [1.82, 2.24) is 15.5 Å². The van der Waals surface area contributed by atoms with E-state index in [-0.39, 0.29) is 24.0 Å². The lowest BCUT2D eigenvalue weighted by molar-refractivity contribution is 0.206. The van der Waals surface area contributed by atoms with Crippen molar-refractivity contribution in [3.8, 4) is 0 Å². The van der Waals surface area contributed by atoms with Gasteiger partial charge in [-0.1, -0.05) is 19.1 Å². The van der Waals surface area contributed by atoms with Crippen LogP contribution in [0.2, 0.25) is 0 Å². The van der Waals surface area contributed by atoms with E-state index in [1.54, 1.807) is 0 Å². The summed E-state index contributed by atoms with van der Waals surface area (Å²) in [6.45, 7) is 12.0. The average molecular weight is 532 g/mol. The van der Waals surface area contributed by atoms with Crippen LogP contribution in [0.1, 0.15) is 38.7 Å². The SMILES string of the molecule is CCCN1CCC(NC(=NCc2ccc(N3CCSCC3)cc2)NCC)CC1.I. The molecule has 2 heterocycles. The third-order valence-corrected chi connectivity index (χ3v) is 6.49. The van der Waals surface area contributed by atoms with Crippen molar-refractivity contribution in [2.75, 3.05) is 55.7 Å². The maximum absolute atomic E-state index is 4.84. The van der Waals surface area contributed by atoms with Gasteiger partial charge in [0.05, 0.1) is 6.54 Å². The van der Waals surface area contributed by atoms with Crippen LogP contribution >= 0.6 is 35.7 Å². The normalized spacial score (nSPS) is 19.0. The number of halogens is 1. The Labute approximate surface area is 198 Å². The zero-order valence-corrected chi connectivity index (χ0v) is 21.2. The second-order valence-corrected chi connectivity index (χ2v) is 8.95. The summed E-state index contributed by atoms with van der Waals surface area (Å²) in [4.78, 5) is 9.90. The van der Waals surface area contributed by atoms with Gasteiger partial charge < -0.3 is 20.4 Å². The van der Waals surface area contributed by atoms with Gasteiger partial charge in [0.2, 0.25) is 0 Å². The summed E-state index contributed by atoms with van der Waals surface area (Å²) in [7, 11) is 0. The Hall–Kier alpha value is -0.670. The van der Waals surface area contributed by atoms with E-state index >= 15 is 0 Å². The van der Waals surface area contributed by atoms with Crippen molar-refractivity contribution in [1.29, 1.82) is 0 Å². The van der Waals surface area contributed by atoms with Crippen molar-refractivity contribution in [2.45, 2.75) is 45.7 Å². The summed E-state index contributed by atoms with van der Waals surface area (Å²) < 4.78 is 0. The highest BCUT2D eigenvalue weighted by Crippen LogP contribution is 2.20. The Bertz CT molecular complexity index is 596. The van der Waals surface area contributed by atoms with Crippen LogP contribution in [-0.2, 0) is 6.54 Å². The van der Waals surface area contributed by atoms with Crippen LogP contribution in [0.15, 0.2) is 29.3 Å². The van der Waals surface area contributed by atoms with E-state index in [1.165, 1.54) is 61.7 Å². The van der Waals surface area contributed by atoms with Gasteiger partial charge in [0.1, 0.15) is 0 Å². The van der Waals surface area contributed by atoms with E-state index in [2.05, 4.69) is 70.3 Å². The van der Waals surface area contributed by atoms with Gasteiger partial charge in [-0.3, -0.25) is 0 Å². The Morgan fingerprint density at radius 1 is 1.07 bits per heavy atom. The third-order valence-electron chi connectivity index (χ3n) is 5.54. The molecule has 0 spiro atoms. The molecule has 29 heavy (non-hydrogen) atoms. The number of likely N-dealkylation sites (tertiary alicyclic amines) is 1. The average Bonchev–Trinajstić information content (AvgIpc) is 2.75. The minimum absolute atomic E-state index is 0. The number of guanidine groups is 1. The molecule has 0 unspecified atom stereocenters. The first-order valence-corrected chi connectivity index (χ1v) is 12.1. The van der Waals surface area contributed by atoms with E-state index in [1.807, 2.05) is 0 Å². The lowest BCUT2D eigenvalue weighted by atomic mass is 10.1. The third kappa shape index (κ3) is 8.17. The van der Waals surface area contributed by atoms with E-state index in [0.29, 0.717) is 6.04 Å². The largest absolute Gasteiger partial charge is 0.370 e. The van der Waals surface area contributed by atoms with Crippen LogP contribution in [0.25, 0.3) is 0 Å². The molecule has 5 nitrogen and oxygen atoms in total. The Morgan fingerprint density at radius 2 is 1.76 bits per heavy atom. The zero-order chi connectivity index (χ0) is 19.6. The predicted molar refractivity (Wildman–Crippen MR) is 139 cm³/mol. The minimum atomic E-state index is 0. The number of rotatable bonds is 7. The predicted octanol–water partition coefficient (Wildman–Crippen LogP) is 3.79. The highest BCUT2D eigenvalue weighted by molar-refractivity contribution is 14.0. The van der Waals surface area contributed by atoms with Crippen molar-refractivity contribution < 1.29 is 0 Å². The van der Waals surface area contributed by atoms with Gasteiger partial charge in [-0.15, -0.1) is 24.0 Å². The van der Waals surface area contributed by atoms with Crippen molar-refractivity contribution >= 4 is 47.4 Å². The Morgan fingerprint density at radius 3 is 2.38 bits per heavy atom. The molecule has 0 atom stereocenters. The van der Waals surface area contributed by atoms with Gasteiger partial charge in [0.25, 0.3) is 0 Å². The van der Waals surface area contributed by atoms with Crippen LogP contribution < -0.4 is 15.5 Å². The number of nitrogens with one attached hydrogen (secondary N) is 2. The first kappa shape index (κ1) is 24.6. The Kier molecular flexibility index (Phi) is 11.5. The molecule has 0 amide bonds. The monoisotopic (exact) mass is 531 g/mol. The fourth-order valence-corrected chi connectivity index (χ4v) is 4.84. The second-order valence-electron chi connectivity index (χ2n) is 7.72. The molecule has 2 saturated heterocycles. The number of hydrogen-bond donors (Lipinski definition) is 2. The summed E-state index contributed by atoms with van der Waals surface area (Å²) in [5, 5.41) is 7.07. The first-order valence-electron chi connectivity index (χ1n) is 11.0. The smallest absolute Gasteiger partial charge is 0.191 e. The van der Waals surface area contributed by atoms with Gasteiger partial charge >= 0.3 is 0 Å². The summed E-state index contributed by atoms with van der Waals surface area (Å²) >= 11 is 2.05. The van der Waals surface area contributed by atoms with Crippen LogP contribution in [0.5, 0.6) is 0 Å². The van der Waals surface area contributed by atoms with Gasteiger partial charge in [-0.2, -0.15) is 11.8 Å². The van der Waals surface area contributed by atoms with Crippen molar-refractivity contribution in [3.63, 3.8) is 0 Å². The fraction of sp³-hybridized carbons (Fsp3) is 0.682. The van der Waals surface area contributed by atoms with Gasteiger partial charge in [0, 0.05) is 56.0 Å². The van der Waals surface area contributed by atoms with E-state index in [0.717, 1.165) is 32.1 Å². The molecule has 2 fully saturated rings. The van der Waals surface area contributed by atoms with Crippen LogP contribution in [0.4, 0.5) is 5.69 Å². The molecule has 0 bridgehead atoms. The molecule has 2 aliphatic heterocycles. The summed E-state index contributed by atoms with van der Waals surface area (Å²) in [5.41, 5.74) is 2.61. The second kappa shape index (κ2) is 13.6. The quantitative estimate of drug-likeness (QED) is 0.319. The highest BCUT2D eigenvalue weighted by Gasteiger charge is 2.19. The number of anilines is 1. The molecule has 164 valence electrons. The summed E-state index contributed by atoms with van der Waals surface area (Å²) in [5.74, 6) is 3.43. The molecule has 0 radical (unpaired) electrons. The van der Waals surface area contributed by atoms with E-state index in [9.17, 15) is 0 Å². The molecular weight excluding hydrogens is 493 g/mol. The highest BCUT2D eigenvalue weighted by atomic mass is 127. The number of benzene rings is 1. The number of thioether (sulfide) groups is 1. The molecule has 0 aromatic heterocycles.